The number of hydrogen-bond acceptors (Lipinski definition) is 4. The number of aliphatic imine (C=N–C) groups is 1. The maximum absolute atomic E-state index is 14.2. The van der Waals surface area contributed by atoms with Gasteiger partial charge in [0, 0.05) is 25.2 Å². The predicted molar refractivity (Wildman–Crippen MR) is 118 cm³/mol. The molecule has 0 fully saturated rings. The molecule has 0 aromatic heterocycles. The molecule has 0 bridgehead atoms. The van der Waals surface area contributed by atoms with Gasteiger partial charge in [-0.3, -0.25) is 0 Å². The number of alkyl halides is 3. The van der Waals surface area contributed by atoms with Gasteiger partial charge in [-0.2, -0.15) is 13.2 Å². The molecule has 0 saturated heterocycles. The van der Waals surface area contributed by atoms with Gasteiger partial charge in [-0.05, 0) is 49.4 Å². The van der Waals surface area contributed by atoms with Gasteiger partial charge in [-0.1, -0.05) is 24.3 Å². The summed E-state index contributed by atoms with van der Waals surface area (Å²) in [5.41, 5.74) is -0.551. The first-order valence-electron chi connectivity index (χ1n) is 10.5. The number of fused-ring (bicyclic) bond motifs is 1. The number of aryl methyl sites for hydroxylation is 1. The van der Waals surface area contributed by atoms with Crippen LogP contribution in [0.3, 0.4) is 0 Å². The van der Waals surface area contributed by atoms with Crippen LogP contribution in [-0.2, 0) is 23.2 Å². The van der Waals surface area contributed by atoms with Crippen LogP contribution in [-0.4, -0.2) is 55.9 Å². The minimum atomic E-state index is -4.97. The molecule has 0 aliphatic heterocycles. The van der Waals surface area contributed by atoms with Crippen LogP contribution in [0.2, 0.25) is 0 Å². The highest BCUT2D eigenvalue weighted by molar-refractivity contribution is 5.65. The third kappa shape index (κ3) is 4.91. The highest BCUT2D eigenvalue weighted by Gasteiger charge is 2.57. The van der Waals surface area contributed by atoms with Gasteiger partial charge in [0.05, 0.1) is 31.8 Å². The van der Waals surface area contributed by atoms with Crippen molar-refractivity contribution in [3.8, 4) is 5.75 Å². The molecular weight excluding hydrogens is 421 g/mol. The van der Waals surface area contributed by atoms with E-state index in [9.17, 15) is 18.3 Å². The molecule has 1 aliphatic rings. The van der Waals surface area contributed by atoms with Gasteiger partial charge in [0.25, 0.3) is 0 Å². The fourth-order valence-corrected chi connectivity index (χ4v) is 3.74. The monoisotopic (exact) mass is 450 g/mol. The standard InChI is InChI=1S/C24H29F3N2O3/c1-5-29(3)15-28-21-13-22(31-4)20(10-16(21)2)23(30,24(25,26)27)14-32-19-11-17-8-6-7-9-18(17)12-19/h6-10,13,15,19,30H,5,11-12,14H2,1-4H3. The van der Waals surface area contributed by atoms with Crippen molar-refractivity contribution in [2.45, 2.75) is 44.6 Å². The Morgan fingerprint density at radius 3 is 2.34 bits per heavy atom. The van der Waals surface area contributed by atoms with E-state index in [0.29, 0.717) is 24.1 Å². The maximum Gasteiger partial charge on any atom is 0.423 e. The summed E-state index contributed by atoms with van der Waals surface area (Å²) < 4.78 is 53.3. The van der Waals surface area contributed by atoms with Gasteiger partial charge in [-0.25, -0.2) is 4.99 Å². The lowest BCUT2D eigenvalue weighted by Gasteiger charge is -2.33. The van der Waals surface area contributed by atoms with E-state index in [1.165, 1.54) is 19.2 Å². The molecule has 2 aromatic rings. The van der Waals surface area contributed by atoms with E-state index in [1.807, 2.05) is 43.1 Å². The third-order valence-corrected chi connectivity index (χ3v) is 5.87. The summed E-state index contributed by atoms with van der Waals surface area (Å²) >= 11 is 0. The molecular formula is C24H29F3N2O3. The number of aliphatic hydroxyl groups is 1. The van der Waals surface area contributed by atoms with Crippen molar-refractivity contribution in [1.29, 1.82) is 0 Å². The van der Waals surface area contributed by atoms with E-state index in [4.69, 9.17) is 9.47 Å². The van der Waals surface area contributed by atoms with Gasteiger partial charge < -0.3 is 19.5 Å². The fourth-order valence-electron chi connectivity index (χ4n) is 3.74. The van der Waals surface area contributed by atoms with Crippen LogP contribution in [0, 0.1) is 6.92 Å². The lowest BCUT2D eigenvalue weighted by atomic mass is 9.91. The second-order valence-corrected chi connectivity index (χ2v) is 8.12. The topological polar surface area (TPSA) is 54.3 Å². The number of benzene rings is 2. The van der Waals surface area contributed by atoms with Gasteiger partial charge in [-0.15, -0.1) is 0 Å². The summed E-state index contributed by atoms with van der Waals surface area (Å²) in [5.74, 6) is -0.0972. The van der Waals surface area contributed by atoms with Crippen LogP contribution >= 0.6 is 0 Å². The van der Waals surface area contributed by atoms with Gasteiger partial charge >= 0.3 is 6.18 Å². The zero-order chi connectivity index (χ0) is 23.5. The molecule has 1 unspecified atom stereocenters. The van der Waals surface area contributed by atoms with Crippen molar-refractivity contribution >= 4 is 12.0 Å². The Kier molecular flexibility index (Phi) is 7.15. The Labute approximate surface area is 186 Å². The van der Waals surface area contributed by atoms with Crippen LogP contribution in [0.25, 0.3) is 0 Å². The molecule has 1 N–H and O–H groups in total. The third-order valence-electron chi connectivity index (χ3n) is 5.87. The Morgan fingerprint density at radius 1 is 1.19 bits per heavy atom. The number of ether oxygens (including phenoxy) is 2. The van der Waals surface area contributed by atoms with E-state index < -0.39 is 24.5 Å². The molecule has 174 valence electrons. The maximum atomic E-state index is 14.2. The number of halogens is 3. The molecule has 0 spiro atoms. The Bertz CT molecular complexity index is 952. The van der Waals surface area contributed by atoms with E-state index in [1.54, 1.807) is 13.3 Å². The van der Waals surface area contributed by atoms with Crippen LogP contribution in [0.5, 0.6) is 5.75 Å². The summed E-state index contributed by atoms with van der Waals surface area (Å²) in [7, 11) is 3.11. The van der Waals surface area contributed by atoms with E-state index >= 15 is 0 Å². The SMILES string of the molecule is CCN(C)C=Nc1cc(OC)c(C(O)(COC2Cc3ccccc3C2)C(F)(F)F)cc1C. The Hall–Kier alpha value is -2.58. The van der Waals surface area contributed by atoms with Crippen molar-refractivity contribution in [3.05, 3.63) is 58.7 Å². The zero-order valence-corrected chi connectivity index (χ0v) is 18.7. The van der Waals surface area contributed by atoms with Crippen molar-refractivity contribution < 1.29 is 27.8 Å². The van der Waals surface area contributed by atoms with E-state index in [-0.39, 0.29) is 11.3 Å². The molecule has 32 heavy (non-hydrogen) atoms. The molecule has 1 atom stereocenters. The van der Waals surface area contributed by atoms with Crippen molar-refractivity contribution in [3.63, 3.8) is 0 Å². The Balaban J connectivity index is 1.89. The first-order valence-corrected chi connectivity index (χ1v) is 10.5. The summed E-state index contributed by atoms with van der Waals surface area (Å²) in [6.07, 6.45) is -2.77. The summed E-state index contributed by atoms with van der Waals surface area (Å²) in [6.45, 7) is 3.40. The highest BCUT2D eigenvalue weighted by Crippen LogP contribution is 2.45. The van der Waals surface area contributed by atoms with Crippen molar-refractivity contribution in [2.24, 2.45) is 4.99 Å². The number of nitrogens with zero attached hydrogens (tertiary/aromatic N) is 2. The average Bonchev–Trinajstić information content (AvgIpc) is 3.18. The van der Waals surface area contributed by atoms with Crippen LogP contribution in [0.15, 0.2) is 41.4 Å². The molecule has 8 heteroatoms. The molecule has 0 amide bonds. The molecule has 3 rings (SSSR count). The van der Waals surface area contributed by atoms with Crippen LogP contribution < -0.4 is 4.74 Å². The normalized spacial score (nSPS) is 16.2. The lowest BCUT2D eigenvalue weighted by Crippen LogP contribution is -2.47. The van der Waals surface area contributed by atoms with Gasteiger partial charge in [0.2, 0.25) is 5.60 Å². The Morgan fingerprint density at radius 2 is 1.81 bits per heavy atom. The first kappa shape index (κ1) is 24.1. The minimum Gasteiger partial charge on any atom is -0.496 e. The highest BCUT2D eigenvalue weighted by atomic mass is 19.4. The zero-order valence-electron chi connectivity index (χ0n) is 18.7. The lowest BCUT2D eigenvalue weighted by molar-refractivity contribution is -0.285. The first-order chi connectivity index (χ1) is 15.1. The smallest absolute Gasteiger partial charge is 0.423 e. The fraction of sp³-hybridized carbons (Fsp3) is 0.458. The molecule has 0 heterocycles. The predicted octanol–water partition coefficient (Wildman–Crippen LogP) is 4.55. The molecule has 5 nitrogen and oxygen atoms in total. The van der Waals surface area contributed by atoms with Gasteiger partial charge in [0.1, 0.15) is 5.75 Å². The molecule has 2 aromatic carbocycles. The summed E-state index contributed by atoms with van der Waals surface area (Å²) in [4.78, 5) is 6.16. The summed E-state index contributed by atoms with van der Waals surface area (Å²) in [6, 6.07) is 10.4. The van der Waals surface area contributed by atoms with Crippen LogP contribution in [0.1, 0.15) is 29.2 Å². The van der Waals surface area contributed by atoms with Crippen molar-refractivity contribution in [1.82, 2.24) is 4.90 Å². The van der Waals surface area contributed by atoms with Gasteiger partial charge in [0.15, 0.2) is 0 Å². The second kappa shape index (κ2) is 9.50. The number of rotatable bonds is 8. The molecule has 0 saturated carbocycles. The summed E-state index contributed by atoms with van der Waals surface area (Å²) in [5, 5.41) is 10.9. The second-order valence-electron chi connectivity index (χ2n) is 8.12. The van der Waals surface area contributed by atoms with Crippen LogP contribution in [0.4, 0.5) is 18.9 Å². The minimum absolute atomic E-state index is 0.0972. The van der Waals surface area contributed by atoms with E-state index in [2.05, 4.69) is 4.99 Å². The number of hydrogen-bond donors (Lipinski definition) is 1. The van der Waals surface area contributed by atoms with Crippen molar-refractivity contribution in [2.75, 3.05) is 27.3 Å². The number of methoxy groups -OCH3 is 1. The quantitative estimate of drug-likeness (QED) is 0.474. The molecule has 1 aliphatic carbocycles. The largest absolute Gasteiger partial charge is 0.496 e. The molecule has 0 radical (unpaired) electrons. The average molecular weight is 451 g/mol. The van der Waals surface area contributed by atoms with E-state index in [0.717, 1.165) is 17.7 Å².